The van der Waals surface area contributed by atoms with Crippen LogP contribution in [0.15, 0.2) is 53.7 Å². The number of ether oxygens (including phenoxy) is 1. The van der Waals surface area contributed by atoms with E-state index in [9.17, 15) is 13.2 Å². The maximum Gasteiger partial charge on any atom is 0.404 e. The number of nitrogens with zero attached hydrogens (tertiary/aromatic N) is 4. The average molecular weight is 612 g/mol. The first-order chi connectivity index (χ1) is 20.2. The van der Waals surface area contributed by atoms with Crippen molar-refractivity contribution in [1.29, 1.82) is 0 Å². The van der Waals surface area contributed by atoms with Crippen molar-refractivity contribution in [1.82, 2.24) is 25.3 Å². The standard InChI is InChI=1S/C28H30ClN7O5S/c1-3-16-12-17(13-18-14-31-27(35-24(16)18)32-19-8-10-20(11-9-19)33-28(37)38)25-26(41-2)34-23(15-30-25)36-42(39,40)22-7-5-4-6-21(22)29/h4-7,12-15,19-20,33H,3,8-11H2,1-2H3,(H,34,36)(H,37,38)(H,31,32,35). The fourth-order valence-corrected chi connectivity index (χ4v) is 6.56. The van der Waals surface area contributed by atoms with Crippen LogP contribution in [0.25, 0.3) is 22.2 Å². The van der Waals surface area contributed by atoms with Gasteiger partial charge < -0.3 is 20.5 Å². The number of carbonyl (C=O) groups is 1. The van der Waals surface area contributed by atoms with E-state index in [1.165, 1.54) is 25.4 Å². The lowest BCUT2D eigenvalue weighted by Gasteiger charge is -2.28. The van der Waals surface area contributed by atoms with Gasteiger partial charge >= 0.3 is 6.09 Å². The Balaban J connectivity index is 1.38. The largest absolute Gasteiger partial charge is 0.479 e. The first-order valence-electron chi connectivity index (χ1n) is 13.4. The number of nitrogens with one attached hydrogen (secondary N) is 3. The lowest BCUT2D eigenvalue weighted by molar-refractivity contribution is 0.185. The van der Waals surface area contributed by atoms with Crippen LogP contribution < -0.4 is 20.1 Å². The Morgan fingerprint density at radius 3 is 2.50 bits per heavy atom. The lowest BCUT2D eigenvalue weighted by Crippen LogP contribution is -2.39. The van der Waals surface area contributed by atoms with Gasteiger partial charge in [-0.1, -0.05) is 30.7 Å². The second-order valence-electron chi connectivity index (χ2n) is 9.91. The summed E-state index contributed by atoms with van der Waals surface area (Å²) in [4.78, 5) is 29.0. The number of amides is 1. The van der Waals surface area contributed by atoms with E-state index in [0.717, 1.165) is 47.7 Å². The third kappa shape index (κ3) is 6.47. The van der Waals surface area contributed by atoms with Gasteiger partial charge in [-0.3, -0.25) is 4.72 Å². The first-order valence-corrected chi connectivity index (χ1v) is 15.3. The number of aromatic nitrogens is 4. The van der Waals surface area contributed by atoms with Crippen molar-refractivity contribution in [2.45, 2.75) is 56.0 Å². The summed E-state index contributed by atoms with van der Waals surface area (Å²) in [5.74, 6) is 0.647. The molecular formula is C28H30ClN7O5S. The molecule has 12 nitrogen and oxygen atoms in total. The first kappa shape index (κ1) is 29.3. The van der Waals surface area contributed by atoms with Gasteiger partial charge in [0, 0.05) is 29.2 Å². The van der Waals surface area contributed by atoms with Crippen molar-refractivity contribution in [3.8, 4) is 17.1 Å². The van der Waals surface area contributed by atoms with E-state index in [4.69, 9.17) is 26.4 Å². The van der Waals surface area contributed by atoms with Crippen molar-refractivity contribution >= 4 is 50.4 Å². The highest BCUT2D eigenvalue weighted by atomic mass is 35.5. The molecule has 0 radical (unpaired) electrons. The van der Waals surface area contributed by atoms with Crippen molar-refractivity contribution in [3.63, 3.8) is 0 Å². The van der Waals surface area contributed by atoms with Crippen LogP contribution in [0.2, 0.25) is 5.02 Å². The molecule has 0 spiro atoms. The Bertz CT molecular complexity index is 1730. The number of aryl methyl sites for hydroxylation is 1. The van der Waals surface area contributed by atoms with E-state index < -0.39 is 16.1 Å². The third-order valence-corrected chi connectivity index (χ3v) is 8.96. The molecule has 1 fully saturated rings. The molecule has 0 unspecified atom stereocenters. The third-order valence-electron chi connectivity index (χ3n) is 7.10. The summed E-state index contributed by atoms with van der Waals surface area (Å²) in [5.41, 5.74) is 2.92. The quantitative estimate of drug-likeness (QED) is 0.200. The van der Waals surface area contributed by atoms with E-state index >= 15 is 0 Å². The number of halogens is 1. The molecule has 1 amide bonds. The second kappa shape index (κ2) is 12.3. The van der Waals surface area contributed by atoms with E-state index in [2.05, 4.69) is 30.3 Å². The van der Waals surface area contributed by atoms with Crippen LogP contribution in [-0.2, 0) is 16.4 Å². The van der Waals surface area contributed by atoms with Gasteiger partial charge in [-0.05, 0) is 61.9 Å². The number of rotatable bonds is 9. The predicted molar refractivity (Wildman–Crippen MR) is 160 cm³/mol. The van der Waals surface area contributed by atoms with Crippen LogP contribution in [-0.4, -0.2) is 58.7 Å². The summed E-state index contributed by atoms with van der Waals surface area (Å²) in [7, 11) is -2.56. The van der Waals surface area contributed by atoms with Crippen molar-refractivity contribution in [2.75, 3.05) is 17.1 Å². The Labute approximate surface area is 248 Å². The van der Waals surface area contributed by atoms with Gasteiger partial charge in [0.2, 0.25) is 11.8 Å². The molecule has 4 aromatic rings. The average Bonchev–Trinajstić information content (AvgIpc) is 2.97. The molecule has 1 saturated carbocycles. The molecule has 2 heterocycles. The number of carboxylic acid groups (broad SMARTS) is 1. The van der Waals surface area contributed by atoms with Crippen LogP contribution in [0.4, 0.5) is 16.6 Å². The van der Waals surface area contributed by atoms with Crippen molar-refractivity contribution in [2.24, 2.45) is 0 Å². The molecule has 0 saturated heterocycles. The summed E-state index contributed by atoms with van der Waals surface area (Å²) in [6.45, 7) is 2.03. The van der Waals surface area contributed by atoms with Gasteiger partial charge in [0.15, 0.2) is 5.82 Å². The van der Waals surface area contributed by atoms with Crippen LogP contribution in [0.3, 0.4) is 0 Å². The molecule has 0 atom stereocenters. The minimum Gasteiger partial charge on any atom is -0.479 e. The summed E-state index contributed by atoms with van der Waals surface area (Å²) in [6, 6.07) is 10.1. The van der Waals surface area contributed by atoms with E-state index in [0.29, 0.717) is 18.1 Å². The van der Waals surface area contributed by atoms with Gasteiger partial charge in [0.25, 0.3) is 10.0 Å². The Morgan fingerprint density at radius 2 is 1.81 bits per heavy atom. The molecule has 2 aromatic carbocycles. The molecule has 2 aromatic heterocycles. The van der Waals surface area contributed by atoms with E-state index in [-0.39, 0.29) is 33.7 Å². The van der Waals surface area contributed by atoms with Gasteiger partial charge in [-0.25, -0.2) is 28.2 Å². The van der Waals surface area contributed by atoms with Crippen molar-refractivity contribution < 1.29 is 23.1 Å². The van der Waals surface area contributed by atoms with Crippen LogP contribution in [0.1, 0.15) is 38.2 Å². The number of hydrogen-bond acceptors (Lipinski definition) is 9. The summed E-state index contributed by atoms with van der Waals surface area (Å²) in [5, 5.41) is 15.8. The van der Waals surface area contributed by atoms with Crippen molar-refractivity contribution in [3.05, 3.63) is 59.4 Å². The molecule has 14 heteroatoms. The predicted octanol–water partition coefficient (Wildman–Crippen LogP) is 5.10. The molecule has 1 aliphatic rings. The molecular weight excluding hydrogens is 582 g/mol. The van der Waals surface area contributed by atoms with Crippen LogP contribution >= 0.6 is 11.6 Å². The van der Waals surface area contributed by atoms with Crippen LogP contribution in [0.5, 0.6) is 5.88 Å². The summed E-state index contributed by atoms with van der Waals surface area (Å²) in [6.07, 6.45) is 5.91. The highest BCUT2D eigenvalue weighted by Gasteiger charge is 2.24. The maximum atomic E-state index is 12.9. The monoisotopic (exact) mass is 611 g/mol. The van der Waals surface area contributed by atoms with Crippen LogP contribution in [0, 0.1) is 0 Å². The van der Waals surface area contributed by atoms with Gasteiger partial charge in [-0.15, -0.1) is 0 Å². The number of hydrogen-bond donors (Lipinski definition) is 4. The second-order valence-corrected chi connectivity index (χ2v) is 12.0. The highest BCUT2D eigenvalue weighted by Crippen LogP contribution is 2.33. The fraction of sp³-hybridized carbons (Fsp3) is 0.321. The number of benzene rings is 2. The Morgan fingerprint density at radius 1 is 1.07 bits per heavy atom. The van der Waals surface area contributed by atoms with Gasteiger partial charge in [-0.2, -0.15) is 4.98 Å². The van der Waals surface area contributed by atoms with Gasteiger partial charge in [0.1, 0.15) is 10.6 Å². The van der Waals surface area contributed by atoms with Gasteiger partial charge in [0.05, 0.1) is 23.8 Å². The normalized spacial score (nSPS) is 17.0. The number of anilines is 2. The highest BCUT2D eigenvalue weighted by molar-refractivity contribution is 7.92. The molecule has 0 bridgehead atoms. The smallest absolute Gasteiger partial charge is 0.404 e. The Kier molecular flexibility index (Phi) is 8.59. The SMILES string of the molecule is CCc1cc(-c2ncc(NS(=O)(=O)c3ccccc3Cl)nc2OC)cc2cnc(NC3CCC(NC(=O)O)CC3)nc12. The van der Waals surface area contributed by atoms with E-state index in [1.807, 2.05) is 19.1 Å². The zero-order chi connectivity index (χ0) is 29.9. The molecule has 5 rings (SSSR count). The zero-order valence-corrected chi connectivity index (χ0v) is 24.5. The molecule has 220 valence electrons. The number of methoxy groups -OCH3 is 1. The molecule has 0 aliphatic heterocycles. The molecule has 1 aliphatic carbocycles. The maximum absolute atomic E-state index is 12.9. The summed E-state index contributed by atoms with van der Waals surface area (Å²) >= 11 is 6.08. The fourth-order valence-electron chi connectivity index (χ4n) is 5.05. The number of sulfonamides is 1. The number of fused-ring (bicyclic) bond motifs is 1. The zero-order valence-electron chi connectivity index (χ0n) is 23.0. The summed E-state index contributed by atoms with van der Waals surface area (Å²) < 4.78 is 33.6. The molecule has 42 heavy (non-hydrogen) atoms. The van der Waals surface area contributed by atoms with E-state index in [1.54, 1.807) is 18.3 Å². The minimum atomic E-state index is -4.00. The lowest BCUT2D eigenvalue weighted by atomic mass is 9.91. The Hall–Kier alpha value is -4.23. The molecule has 4 N–H and O–H groups in total. The topological polar surface area (TPSA) is 168 Å². The minimum absolute atomic E-state index is 0.0150.